The number of carbonyl (C=O) groups excluding carboxylic acids is 2. The van der Waals surface area contributed by atoms with E-state index in [1.165, 1.54) is 0 Å². The first kappa shape index (κ1) is 18.4. The molecule has 0 aliphatic carbocycles. The second kappa shape index (κ2) is 8.31. The van der Waals surface area contributed by atoms with Gasteiger partial charge in [-0.25, -0.2) is 4.98 Å². The SMILES string of the molecule is Cc1ccc(OCCC(=O)Nc2ccc(C(=O)c3nccn3C)cc2)cc1. The third-order valence-electron chi connectivity index (χ3n) is 4.07. The Labute approximate surface area is 157 Å². The average Bonchev–Trinajstić information content (AvgIpc) is 3.09. The van der Waals surface area contributed by atoms with E-state index in [1.54, 1.807) is 48.3 Å². The lowest BCUT2D eigenvalue weighted by Gasteiger charge is -2.08. The van der Waals surface area contributed by atoms with Crippen LogP contribution in [0, 0.1) is 6.92 Å². The van der Waals surface area contributed by atoms with Crippen LogP contribution in [0.25, 0.3) is 0 Å². The molecule has 0 spiro atoms. The van der Waals surface area contributed by atoms with Crippen LogP contribution < -0.4 is 10.1 Å². The van der Waals surface area contributed by atoms with Gasteiger partial charge in [0.15, 0.2) is 5.82 Å². The topological polar surface area (TPSA) is 73.2 Å². The number of benzene rings is 2. The van der Waals surface area contributed by atoms with E-state index in [-0.39, 0.29) is 18.1 Å². The van der Waals surface area contributed by atoms with Crippen molar-refractivity contribution >= 4 is 17.4 Å². The van der Waals surface area contributed by atoms with Gasteiger partial charge in [-0.1, -0.05) is 17.7 Å². The number of carbonyl (C=O) groups is 2. The molecule has 3 aromatic rings. The van der Waals surface area contributed by atoms with Gasteiger partial charge >= 0.3 is 0 Å². The van der Waals surface area contributed by atoms with Crippen LogP contribution >= 0.6 is 0 Å². The number of ketones is 1. The van der Waals surface area contributed by atoms with Crippen molar-refractivity contribution in [1.82, 2.24) is 9.55 Å². The smallest absolute Gasteiger partial charge is 0.228 e. The van der Waals surface area contributed by atoms with E-state index < -0.39 is 0 Å². The molecule has 0 bridgehead atoms. The molecule has 3 rings (SSSR count). The van der Waals surface area contributed by atoms with Gasteiger partial charge in [0.05, 0.1) is 13.0 Å². The van der Waals surface area contributed by atoms with Crippen LogP contribution in [0.15, 0.2) is 60.9 Å². The van der Waals surface area contributed by atoms with Crippen LogP contribution in [-0.4, -0.2) is 27.8 Å². The Bertz CT molecular complexity index is 928. The zero-order valence-electron chi connectivity index (χ0n) is 15.3. The fourth-order valence-electron chi connectivity index (χ4n) is 2.54. The first-order chi connectivity index (χ1) is 13.0. The lowest BCUT2D eigenvalue weighted by Crippen LogP contribution is -2.15. The zero-order valence-corrected chi connectivity index (χ0v) is 15.3. The van der Waals surface area contributed by atoms with Gasteiger partial charge in [0.1, 0.15) is 5.75 Å². The molecule has 0 aliphatic rings. The number of aryl methyl sites for hydroxylation is 2. The van der Waals surface area contributed by atoms with Gasteiger partial charge in [-0.3, -0.25) is 9.59 Å². The van der Waals surface area contributed by atoms with Gasteiger partial charge in [-0.05, 0) is 43.3 Å². The Hall–Kier alpha value is -3.41. The summed E-state index contributed by atoms with van der Waals surface area (Å²) < 4.78 is 7.23. The second-order valence-corrected chi connectivity index (χ2v) is 6.23. The number of hydrogen-bond donors (Lipinski definition) is 1. The Morgan fingerprint density at radius 2 is 1.78 bits per heavy atom. The zero-order chi connectivity index (χ0) is 19.2. The standard InChI is InChI=1S/C21H21N3O3/c1-15-3-9-18(10-4-15)27-14-11-19(25)23-17-7-5-16(6-8-17)20(26)21-22-12-13-24(21)2/h3-10,12-13H,11,14H2,1-2H3,(H,23,25). The monoisotopic (exact) mass is 363 g/mol. The minimum absolute atomic E-state index is 0.148. The van der Waals surface area contributed by atoms with Crippen LogP contribution in [0.2, 0.25) is 0 Å². The van der Waals surface area contributed by atoms with E-state index in [4.69, 9.17) is 4.74 Å². The number of imidazole rings is 1. The maximum absolute atomic E-state index is 12.4. The summed E-state index contributed by atoms with van der Waals surface area (Å²) in [5.41, 5.74) is 2.31. The molecule has 6 heteroatoms. The molecule has 1 amide bonds. The van der Waals surface area contributed by atoms with E-state index in [9.17, 15) is 9.59 Å². The summed E-state index contributed by atoms with van der Waals surface area (Å²) in [7, 11) is 1.77. The first-order valence-corrected chi connectivity index (χ1v) is 8.64. The number of nitrogens with zero attached hydrogens (tertiary/aromatic N) is 2. The number of ether oxygens (including phenoxy) is 1. The molecule has 1 aromatic heterocycles. The van der Waals surface area contributed by atoms with Crippen LogP contribution in [0.1, 0.15) is 28.2 Å². The van der Waals surface area contributed by atoms with Gasteiger partial charge in [0.25, 0.3) is 0 Å². The van der Waals surface area contributed by atoms with Gasteiger partial charge in [-0.2, -0.15) is 0 Å². The molecular weight excluding hydrogens is 342 g/mol. The predicted molar refractivity (Wildman–Crippen MR) is 103 cm³/mol. The summed E-state index contributed by atoms with van der Waals surface area (Å²) in [5, 5.41) is 2.80. The number of hydrogen-bond acceptors (Lipinski definition) is 4. The molecule has 0 radical (unpaired) electrons. The van der Waals surface area contributed by atoms with E-state index >= 15 is 0 Å². The molecule has 0 unspecified atom stereocenters. The maximum atomic E-state index is 12.4. The highest BCUT2D eigenvalue weighted by molar-refractivity contribution is 6.07. The molecule has 27 heavy (non-hydrogen) atoms. The second-order valence-electron chi connectivity index (χ2n) is 6.23. The van der Waals surface area contributed by atoms with Crippen molar-refractivity contribution in [2.75, 3.05) is 11.9 Å². The molecule has 0 atom stereocenters. The molecule has 0 saturated heterocycles. The quantitative estimate of drug-likeness (QED) is 0.653. The van der Waals surface area contributed by atoms with Crippen molar-refractivity contribution in [3.8, 4) is 5.75 Å². The summed E-state index contributed by atoms with van der Waals surface area (Å²) in [6.07, 6.45) is 3.54. The first-order valence-electron chi connectivity index (χ1n) is 8.64. The molecule has 2 aromatic carbocycles. The highest BCUT2D eigenvalue weighted by Gasteiger charge is 2.13. The fourth-order valence-corrected chi connectivity index (χ4v) is 2.54. The van der Waals surface area contributed by atoms with Crippen molar-refractivity contribution in [2.24, 2.45) is 7.05 Å². The third-order valence-corrected chi connectivity index (χ3v) is 4.07. The molecule has 1 heterocycles. The van der Waals surface area contributed by atoms with Crippen LogP contribution in [-0.2, 0) is 11.8 Å². The number of rotatable bonds is 7. The fraction of sp³-hybridized carbons (Fsp3) is 0.190. The molecule has 0 saturated carbocycles. The Morgan fingerprint density at radius 1 is 1.07 bits per heavy atom. The third kappa shape index (κ3) is 4.82. The summed E-state index contributed by atoms with van der Waals surface area (Å²) >= 11 is 0. The number of aromatic nitrogens is 2. The maximum Gasteiger partial charge on any atom is 0.228 e. The number of nitrogens with one attached hydrogen (secondary N) is 1. The molecule has 6 nitrogen and oxygen atoms in total. The summed E-state index contributed by atoms with van der Waals surface area (Å²) in [4.78, 5) is 28.5. The lowest BCUT2D eigenvalue weighted by molar-refractivity contribution is -0.116. The van der Waals surface area contributed by atoms with E-state index in [1.807, 2.05) is 31.2 Å². The molecule has 0 aliphatic heterocycles. The molecular formula is C21H21N3O3. The Balaban J connectivity index is 1.50. The normalized spacial score (nSPS) is 10.4. The van der Waals surface area contributed by atoms with Crippen molar-refractivity contribution in [1.29, 1.82) is 0 Å². The summed E-state index contributed by atoms with van der Waals surface area (Å²) in [5.74, 6) is 0.808. The largest absolute Gasteiger partial charge is 0.493 e. The number of amides is 1. The minimum Gasteiger partial charge on any atom is -0.493 e. The van der Waals surface area contributed by atoms with E-state index in [0.717, 1.165) is 11.3 Å². The summed E-state index contributed by atoms with van der Waals surface area (Å²) in [6, 6.07) is 14.4. The highest BCUT2D eigenvalue weighted by Crippen LogP contribution is 2.14. The van der Waals surface area contributed by atoms with Crippen molar-refractivity contribution in [2.45, 2.75) is 13.3 Å². The molecule has 1 N–H and O–H groups in total. The molecule has 138 valence electrons. The lowest BCUT2D eigenvalue weighted by atomic mass is 10.1. The average molecular weight is 363 g/mol. The summed E-state index contributed by atoms with van der Waals surface area (Å²) in [6.45, 7) is 2.30. The van der Waals surface area contributed by atoms with Crippen LogP contribution in [0.4, 0.5) is 5.69 Å². The van der Waals surface area contributed by atoms with E-state index in [0.29, 0.717) is 23.7 Å². The van der Waals surface area contributed by atoms with E-state index in [2.05, 4.69) is 10.3 Å². The van der Waals surface area contributed by atoms with Gasteiger partial charge in [0, 0.05) is 30.7 Å². The van der Waals surface area contributed by atoms with Crippen molar-refractivity contribution < 1.29 is 14.3 Å². The highest BCUT2D eigenvalue weighted by atomic mass is 16.5. The van der Waals surface area contributed by atoms with Crippen molar-refractivity contribution in [3.05, 3.63) is 77.9 Å². The Kier molecular flexibility index (Phi) is 5.66. The van der Waals surface area contributed by atoms with Crippen LogP contribution in [0.5, 0.6) is 5.75 Å². The van der Waals surface area contributed by atoms with Gasteiger partial charge in [-0.15, -0.1) is 0 Å². The number of anilines is 1. The van der Waals surface area contributed by atoms with Gasteiger partial charge in [0.2, 0.25) is 11.7 Å². The Morgan fingerprint density at radius 3 is 2.41 bits per heavy atom. The predicted octanol–water partition coefficient (Wildman–Crippen LogP) is 3.37. The van der Waals surface area contributed by atoms with Gasteiger partial charge < -0.3 is 14.6 Å². The van der Waals surface area contributed by atoms with Crippen LogP contribution in [0.3, 0.4) is 0 Å². The molecule has 0 fully saturated rings. The van der Waals surface area contributed by atoms with Crippen molar-refractivity contribution in [3.63, 3.8) is 0 Å². The minimum atomic E-state index is -0.160.